The minimum Gasteiger partial charge on any atom is -0.377 e. The summed E-state index contributed by atoms with van der Waals surface area (Å²) < 4.78 is 33.3. The maximum atomic E-state index is 12.3. The fourth-order valence-corrected chi connectivity index (χ4v) is 6.94. The molecule has 1 spiro atoms. The summed E-state index contributed by atoms with van der Waals surface area (Å²) >= 11 is 2.12. The van der Waals surface area contributed by atoms with E-state index >= 15 is 0 Å². The summed E-state index contributed by atoms with van der Waals surface area (Å²) in [4.78, 5) is 6.73. The van der Waals surface area contributed by atoms with Crippen molar-refractivity contribution in [3.05, 3.63) is 0 Å². The van der Waals surface area contributed by atoms with E-state index < -0.39 is 10.0 Å². The summed E-state index contributed by atoms with van der Waals surface area (Å²) in [7, 11) is -1.53. The second kappa shape index (κ2) is 10.5. The zero-order valence-corrected chi connectivity index (χ0v) is 18.8. The largest absolute Gasteiger partial charge is 0.377 e. The number of aliphatic imine (C=N–C) groups is 1. The SMILES string of the molecule is CN=C(NCCS(=O)(=O)NCC1CCCCO1)N1CCSC2(CCCCC2)C1. The molecule has 1 aliphatic carbocycles. The number of hydrogen-bond acceptors (Lipinski definition) is 5. The van der Waals surface area contributed by atoms with Crippen LogP contribution in [0.5, 0.6) is 0 Å². The molecule has 1 saturated carbocycles. The molecule has 3 aliphatic rings. The molecule has 9 heteroatoms. The van der Waals surface area contributed by atoms with Crippen molar-refractivity contribution in [2.45, 2.75) is 62.2 Å². The molecule has 3 rings (SSSR count). The van der Waals surface area contributed by atoms with Gasteiger partial charge in [0.25, 0.3) is 0 Å². The van der Waals surface area contributed by atoms with E-state index in [1.54, 1.807) is 7.05 Å². The quantitative estimate of drug-likeness (QED) is 0.492. The van der Waals surface area contributed by atoms with Gasteiger partial charge in [0.15, 0.2) is 5.96 Å². The van der Waals surface area contributed by atoms with E-state index in [1.165, 1.54) is 32.1 Å². The first-order valence-electron chi connectivity index (χ1n) is 10.7. The lowest BCUT2D eigenvalue weighted by Crippen LogP contribution is -2.54. The van der Waals surface area contributed by atoms with Crippen molar-refractivity contribution in [1.29, 1.82) is 0 Å². The van der Waals surface area contributed by atoms with Crippen LogP contribution in [0.3, 0.4) is 0 Å². The fourth-order valence-electron chi connectivity index (χ4n) is 4.41. The topological polar surface area (TPSA) is 83.0 Å². The number of hydrogen-bond donors (Lipinski definition) is 2. The van der Waals surface area contributed by atoms with Crippen LogP contribution in [-0.4, -0.2) is 81.5 Å². The van der Waals surface area contributed by atoms with Gasteiger partial charge in [-0.25, -0.2) is 13.1 Å². The molecule has 2 saturated heterocycles. The molecule has 0 amide bonds. The van der Waals surface area contributed by atoms with E-state index in [0.29, 0.717) is 17.8 Å². The van der Waals surface area contributed by atoms with Crippen LogP contribution in [0.2, 0.25) is 0 Å². The van der Waals surface area contributed by atoms with Gasteiger partial charge in [-0.3, -0.25) is 4.99 Å². The standard InChI is InChI=1S/C19H36N4O3S2/c1-20-18(23-11-13-27-19(16-23)8-4-2-5-9-19)21-10-14-28(24,25)22-15-17-7-3-6-12-26-17/h17,22H,2-16H2,1H3,(H,20,21). The normalized spacial score (nSPS) is 26.4. The number of nitrogens with zero attached hydrogens (tertiary/aromatic N) is 2. The Hall–Kier alpha value is -0.510. The first-order chi connectivity index (χ1) is 13.5. The molecule has 28 heavy (non-hydrogen) atoms. The van der Waals surface area contributed by atoms with Crippen molar-refractivity contribution in [3.63, 3.8) is 0 Å². The predicted molar refractivity (Wildman–Crippen MR) is 117 cm³/mol. The lowest BCUT2D eigenvalue weighted by atomic mass is 9.87. The Bertz CT molecular complexity index is 609. The highest BCUT2D eigenvalue weighted by Gasteiger charge is 2.38. The second-order valence-corrected chi connectivity index (χ2v) is 11.6. The molecule has 0 aromatic carbocycles. The summed E-state index contributed by atoms with van der Waals surface area (Å²) in [5.41, 5.74) is 0. The van der Waals surface area contributed by atoms with Crippen LogP contribution in [0.4, 0.5) is 0 Å². The summed E-state index contributed by atoms with van der Waals surface area (Å²) in [6.45, 7) is 3.46. The maximum Gasteiger partial charge on any atom is 0.213 e. The highest BCUT2D eigenvalue weighted by molar-refractivity contribution is 8.00. The molecule has 2 N–H and O–H groups in total. The minimum absolute atomic E-state index is 0.0155. The third-order valence-electron chi connectivity index (χ3n) is 5.98. The zero-order chi connectivity index (χ0) is 19.9. The lowest BCUT2D eigenvalue weighted by Gasteiger charge is -2.45. The number of ether oxygens (including phenoxy) is 1. The van der Waals surface area contributed by atoms with Crippen LogP contribution in [0.1, 0.15) is 51.4 Å². The summed E-state index contributed by atoms with van der Waals surface area (Å²) in [6.07, 6.45) is 9.70. The Kier molecular flexibility index (Phi) is 8.32. The van der Waals surface area contributed by atoms with Crippen LogP contribution < -0.4 is 10.0 Å². The Morgan fingerprint density at radius 2 is 2.07 bits per heavy atom. The van der Waals surface area contributed by atoms with Gasteiger partial charge < -0.3 is 15.0 Å². The molecule has 162 valence electrons. The zero-order valence-electron chi connectivity index (χ0n) is 17.1. The van der Waals surface area contributed by atoms with Gasteiger partial charge in [-0.2, -0.15) is 11.8 Å². The molecule has 0 bridgehead atoms. The van der Waals surface area contributed by atoms with Gasteiger partial charge in [0.1, 0.15) is 0 Å². The van der Waals surface area contributed by atoms with Gasteiger partial charge in [0.05, 0.1) is 11.9 Å². The van der Waals surface area contributed by atoms with E-state index in [9.17, 15) is 8.42 Å². The second-order valence-electron chi connectivity index (χ2n) is 8.14. The van der Waals surface area contributed by atoms with Crippen LogP contribution in [0, 0.1) is 0 Å². The summed E-state index contributed by atoms with van der Waals surface area (Å²) in [6, 6.07) is 0. The molecule has 0 aromatic heterocycles. The molecule has 2 aliphatic heterocycles. The molecule has 0 radical (unpaired) electrons. The van der Waals surface area contributed by atoms with Crippen molar-refractivity contribution in [1.82, 2.24) is 14.9 Å². The third-order valence-corrected chi connectivity index (χ3v) is 8.87. The average Bonchev–Trinajstić information content (AvgIpc) is 2.71. The van der Waals surface area contributed by atoms with E-state index in [-0.39, 0.29) is 11.9 Å². The van der Waals surface area contributed by atoms with Gasteiger partial charge >= 0.3 is 0 Å². The molecule has 0 aromatic rings. The van der Waals surface area contributed by atoms with Crippen molar-refractivity contribution >= 4 is 27.7 Å². The Labute approximate surface area is 174 Å². The Balaban J connectivity index is 1.43. The molecule has 7 nitrogen and oxygen atoms in total. The highest BCUT2D eigenvalue weighted by atomic mass is 32.2. The lowest BCUT2D eigenvalue weighted by molar-refractivity contribution is 0.0200. The number of nitrogens with one attached hydrogen (secondary N) is 2. The minimum atomic E-state index is -3.31. The van der Waals surface area contributed by atoms with Crippen LogP contribution >= 0.6 is 11.8 Å². The van der Waals surface area contributed by atoms with E-state index in [4.69, 9.17) is 4.74 Å². The molecule has 1 atom stereocenters. The molecular weight excluding hydrogens is 396 g/mol. The number of sulfonamides is 1. The van der Waals surface area contributed by atoms with E-state index in [0.717, 1.165) is 50.7 Å². The van der Waals surface area contributed by atoms with Crippen molar-refractivity contribution in [3.8, 4) is 0 Å². The van der Waals surface area contributed by atoms with Gasteiger partial charge in [0, 0.05) is 50.3 Å². The van der Waals surface area contributed by atoms with Crippen LogP contribution in [0.15, 0.2) is 4.99 Å². The van der Waals surface area contributed by atoms with Crippen LogP contribution in [-0.2, 0) is 14.8 Å². The Morgan fingerprint density at radius 3 is 2.79 bits per heavy atom. The van der Waals surface area contributed by atoms with Crippen molar-refractivity contribution in [2.75, 3.05) is 51.3 Å². The number of guanidine groups is 1. The monoisotopic (exact) mass is 432 g/mol. The molecule has 1 unspecified atom stereocenters. The van der Waals surface area contributed by atoms with Gasteiger partial charge in [-0.05, 0) is 32.1 Å². The van der Waals surface area contributed by atoms with Gasteiger partial charge in [0.2, 0.25) is 10.0 Å². The van der Waals surface area contributed by atoms with Gasteiger partial charge in [-0.1, -0.05) is 19.3 Å². The first-order valence-corrected chi connectivity index (χ1v) is 13.3. The average molecular weight is 433 g/mol. The number of thioether (sulfide) groups is 1. The van der Waals surface area contributed by atoms with E-state index in [1.807, 2.05) is 0 Å². The smallest absolute Gasteiger partial charge is 0.213 e. The highest BCUT2D eigenvalue weighted by Crippen LogP contribution is 2.42. The molecular formula is C19H36N4O3S2. The molecule has 2 heterocycles. The van der Waals surface area contributed by atoms with Crippen molar-refractivity contribution < 1.29 is 13.2 Å². The number of rotatable bonds is 6. The summed E-state index contributed by atoms with van der Waals surface area (Å²) in [5.74, 6) is 1.99. The predicted octanol–water partition coefficient (Wildman–Crippen LogP) is 1.80. The van der Waals surface area contributed by atoms with Crippen molar-refractivity contribution in [2.24, 2.45) is 4.99 Å². The molecule has 3 fully saturated rings. The summed E-state index contributed by atoms with van der Waals surface area (Å²) in [5, 5.41) is 3.27. The first kappa shape index (κ1) is 22.2. The van der Waals surface area contributed by atoms with Crippen LogP contribution in [0.25, 0.3) is 0 Å². The Morgan fingerprint density at radius 1 is 1.25 bits per heavy atom. The third kappa shape index (κ3) is 6.50. The fraction of sp³-hybridized carbons (Fsp3) is 0.947. The van der Waals surface area contributed by atoms with E-state index in [2.05, 4.69) is 31.7 Å². The van der Waals surface area contributed by atoms with Gasteiger partial charge in [-0.15, -0.1) is 0 Å². The maximum absolute atomic E-state index is 12.3.